The summed E-state index contributed by atoms with van der Waals surface area (Å²) in [5, 5.41) is 0. The minimum absolute atomic E-state index is 0.297. The maximum Gasteiger partial charge on any atom is 0.147 e. The molecule has 4 nitrogen and oxygen atoms in total. The first-order valence-electron chi connectivity index (χ1n) is 7.35. The molecule has 0 radical (unpaired) electrons. The van der Waals surface area contributed by atoms with Crippen LogP contribution in [-0.4, -0.2) is 14.5 Å². The van der Waals surface area contributed by atoms with Crippen LogP contribution in [0.1, 0.15) is 16.7 Å². The number of aryl methyl sites for hydroxylation is 1. The number of imidazole rings is 1. The average molecular weight is 182 g/mol. The van der Waals surface area contributed by atoms with Crippen molar-refractivity contribution in [2.24, 2.45) is 0 Å². The van der Waals surface area contributed by atoms with E-state index < -0.39 is 43.3 Å². The summed E-state index contributed by atoms with van der Waals surface area (Å²) in [4.78, 5) is 7.04. The number of anilines is 1. The molecule has 2 heterocycles. The minimum Gasteiger partial charge on any atom is -0.382 e. The molecule has 0 saturated carbocycles. The largest absolute Gasteiger partial charge is 0.382 e. The van der Waals surface area contributed by atoms with Crippen molar-refractivity contribution in [3.8, 4) is 5.69 Å². The highest BCUT2D eigenvalue weighted by Gasteiger charge is 2.01. The Morgan fingerprint density at radius 1 is 1.62 bits per heavy atom. The average Bonchev–Trinajstić information content (AvgIpc) is 2.64. The highest BCUT2D eigenvalue weighted by Crippen LogP contribution is 2.13. The van der Waals surface area contributed by atoms with Gasteiger partial charge in [-0.2, -0.15) is 0 Å². The molecule has 0 spiro atoms. The van der Waals surface area contributed by atoms with E-state index in [9.17, 15) is 0 Å². The van der Waals surface area contributed by atoms with Crippen LogP contribution >= 0.6 is 0 Å². The monoisotopic (exact) mass is 182 g/mol. The van der Waals surface area contributed by atoms with Gasteiger partial charge < -0.3 is 10.3 Å². The van der Waals surface area contributed by atoms with Gasteiger partial charge in [-0.15, -0.1) is 0 Å². The standard InChI is InChI=1S/C9H10N4/c1-7-5-13(6-12-7)8-3-2-4-11-9(8)10/h2-6H,1H3,(H2,10,11)/i1D3,2D,3D,4D,5D,6D. The molecule has 0 bridgehead atoms. The van der Waals surface area contributed by atoms with E-state index in [0.717, 1.165) is 4.57 Å². The van der Waals surface area contributed by atoms with E-state index >= 15 is 0 Å². The number of hydrogen-bond acceptors (Lipinski definition) is 3. The Labute approximate surface area is 87.3 Å². The summed E-state index contributed by atoms with van der Waals surface area (Å²) in [6.07, 6.45) is -1.75. The quantitative estimate of drug-likeness (QED) is 0.720. The molecule has 0 unspecified atom stereocenters. The predicted octanol–water partition coefficient (Wildman–Crippen LogP) is 1.16. The Morgan fingerprint density at radius 2 is 2.54 bits per heavy atom. The first kappa shape index (κ1) is 2.83. The minimum atomic E-state index is -2.69. The third-order valence-corrected chi connectivity index (χ3v) is 1.36. The molecular formula is C9H10N4. The van der Waals surface area contributed by atoms with Crippen molar-refractivity contribution in [2.75, 3.05) is 5.73 Å². The van der Waals surface area contributed by atoms with Gasteiger partial charge in [-0.1, -0.05) is 0 Å². The smallest absolute Gasteiger partial charge is 0.147 e. The Kier molecular flexibility index (Phi) is 0.631. The molecule has 66 valence electrons. The van der Waals surface area contributed by atoms with E-state index in [2.05, 4.69) is 9.97 Å². The van der Waals surface area contributed by atoms with Crippen LogP contribution in [0.5, 0.6) is 0 Å². The molecule has 0 aliphatic heterocycles. The van der Waals surface area contributed by atoms with Crippen molar-refractivity contribution < 1.29 is 11.0 Å². The molecule has 4 heteroatoms. The summed E-state index contributed by atoms with van der Waals surface area (Å²) in [5.41, 5.74) is 4.69. The van der Waals surface area contributed by atoms with Gasteiger partial charge in [0.1, 0.15) is 7.19 Å². The summed E-state index contributed by atoms with van der Waals surface area (Å²) in [6, 6.07) is -1.06. The van der Waals surface area contributed by atoms with Crippen molar-refractivity contribution in [3.63, 3.8) is 0 Å². The third kappa shape index (κ3) is 1.38. The molecule has 13 heavy (non-hydrogen) atoms. The second-order valence-corrected chi connectivity index (χ2v) is 2.22. The van der Waals surface area contributed by atoms with Gasteiger partial charge >= 0.3 is 0 Å². The number of nitrogens with zero attached hydrogens (tertiary/aromatic N) is 3. The third-order valence-electron chi connectivity index (χ3n) is 1.36. The van der Waals surface area contributed by atoms with Crippen molar-refractivity contribution >= 4 is 5.82 Å². The predicted molar refractivity (Wildman–Crippen MR) is 50.5 cm³/mol. The van der Waals surface area contributed by atoms with Crippen LogP contribution < -0.4 is 5.73 Å². The van der Waals surface area contributed by atoms with Crippen molar-refractivity contribution in [2.45, 2.75) is 6.85 Å². The SMILES string of the molecule is [2H]c1nc(N)c(-n2c([2H])nc(C([2H])([2H])[2H])c2[2H])c([2H])c1[2H]. The van der Waals surface area contributed by atoms with E-state index in [-0.39, 0.29) is 11.5 Å². The zero-order valence-electron chi connectivity index (χ0n) is 14.4. The number of pyridine rings is 1. The summed E-state index contributed by atoms with van der Waals surface area (Å²) in [7, 11) is 0. The van der Waals surface area contributed by atoms with E-state index in [0.29, 0.717) is 0 Å². The molecule has 2 N–H and O–H groups in total. The van der Waals surface area contributed by atoms with E-state index in [1.807, 2.05) is 0 Å². The fourth-order valence-electron chi connectivity index (χ4n) is 0.825. The number of nitrogen functional groups attached to an aromatic ring is 1. The lowest BCUT2D eigenvalue weighted by atomic mass is 10.4. The molecular weight excluding hydrogens is 164 g/mol. The van der Waals surface area contributed by atoms with Crippen LogP contribution in [0.3, 0.4) is 0 Å². The number of hydrogen-bond donors (Lipinski definition) is 1. The fraction of sp³-hybridized carbons (Fsp3) is 0.111. The Bertz CT molecular complexity index is 720. The van der Waals surface area contributed by atoms with Crippen molar-refractivity contribution in [1.29, 1.82) is 0 Å². The van der Waals surface area contributed by atoms with Gasteiger partial charge in [-0.25, -0.2) is 9.97 Å². The zero-order chi connectivity index (χ0) is 16.1. The molecule has 2 aromatic rings. The molecule has 0 aliphatic carbocycles. The van der Waals surface area contributed by atoms with Gasteiger partial charge in [-0.3, -0.25) is 0 Å². The number of aromatic nitrogens is 3. The Morgan fingerprint density at radius 3 is 3.31 bits per heavy atom. The van der Waals surface area contributed by atoms with Gasteiger partial charge in [0.15, 0.2) is 0 Å². The van der Waals surface area contributed by atoms with Crippen LogP contribution in [0.15, 0.2) is 30.7 Å². The van der Waals surface area contributed by atoms with Crippen molar-refractivity contribution in [1.82, 2.24) is 14.5 Å². The summed E-state index contributed by atoms with van der Waals surface area (Å²) in [5.74, 6) is -0.350. The van der Waals surface area contributed by atoms with E-state index in [1.54, 1.807) is 0 Å². The van der Waals surface area contributed by atoms with Crippen molar-refractivity contribution in [3.05, 3.63) is 36.4 Å². The normalized spacial score (nSPS) is 20.0. The molecule has 0 atom stereocenters. The molecule has 0 aromatic carbocycles. The lowest BCUT2D eigenvalue weighted by molar-refractivity contribution is 1.04. The first-order chi connectivity index (χ1) is 9.55. The van der Waals surface area contributed by atoms with E-state index in [1.165, 1.54) is 0 Å². The fourth-order valence-corrected chi connectivity index (χ4v) is 0.825. The van der Waals surface area contributed by atoms with Crippen LogP contribution in [0.25, 0.3) is 5.69 Å². The molecule has 0 aliphatic rings. The van der Waals surface area contributed by atoms with Crippen LogP contribution in [0, 0.1) is 6.85 Å². The highest BCUT2D eigenvalue weighted by atomic mass is 15.1. The topological polar surface area (TPSA) is 56.7 Å². The van der Waals surface area contributed by atoms with Gasteiger partial charge in [0.25, 0.3) is 0 Å². The maximum atomic E-state index is 7.82. The molecule has 2 aromatic heterocycles. The number of nitrogens with two attached hydrogens (primary N) is 1. The summed E-state index contributed by atoms with van der Waals surface area (Å²) < 4.78 is 60.7. The molecule has 2 rings (SSSR count). The van der Waals surface area contributed by atoms with Gasteiger partial charge in [0, 0.05) is 16.5 Å². The van der Waals surface area contributed by atoms with Crippen LogP contribution in [0.4, 0.5) is 5.82 Å². The lowest BCUT2D eigenvalue weighted by Gasteiger charge is -2.03. The summed E-state index contributed by atoms with van der Waals surface area (Å²) in [6.45, 7) is -2.69. The Balaban J connectivity index is 2.81. The Hall–Kier alpha value is -1.84. The summed E-state index contributed by atoms with van der Waals surface area (Å²) >= 11 is 0. The second-order valence-electron chi connectivity index (χ2n) is 2.22. The second kappa shape index (κ2) is 2.90. The van der Waals surface area contributed by atoms with Crippen LogP contribution in [0.2, 0.25) is 0 Å². The van der Waals surface area contributed by atoms with Gasteiger partial charge in [0.2, 0.25) is 0 Å². The van der Waals surface area contributed by atoms with Crippen LogP contribution in [-0.2, 0) is 0 Å². The van der Waals surface area contributed by atoms with Gasteiger partial charge in [0.05, 0.1) is 23.2 Å². The highest BCUT2D eigenvalue weighted by molar-refractivity contribution is 5.51. The molecule has 0 fully saturated rings. The first-order valence-corrected chi connectivity index (χ1v) is 3.35. The molecule has 0 amide bonds. The maximum absolute atomic E-state index is 7.82. The zero-order valence-corrected chi connectivity index (χ0v) is 6.42. The lowest BCUT2D eigenvalue weighted by Crippen LogP contribution is -1.98. The number of rotatable bonds is 1. The van der Waals surface area contributed by atoms with E-state index in [4.69, 9.17) is 16.7 Å². The molecule has 0 saturated heterocycles. The van der Waals surface area contributed by atoms with Gasteiger partial charge in [-0.05, 0) is 18.9 Å².